The molecular weight excluding hydrogens is 232 g/mol. The van der Waals surface area contributed by atoms with Crippen molar-refractivity contribution in [2.45, 2.75) is 32.2 Å². The summed E-state index contributed by atoms with van der Waals surface area (Å²) in [5, 5.41) is 9.04. The number of carbonyl (C=O) groups is 1. The Morgan fingerprint density at radius 3 is 3.22 bits per heavy atom. The third-order valence-electron chi connectivity index (χ3n) is 3.27. The highest BCUT2D eigenvalue weighted by molar-refractivity contribution is 5.65. The molecule has 1 fully saturated rings. The minimum atomic E-state index is -0.863. The first kappa shape index (κ1) is 12.7. The fourth-order valence-electron chi connectivity index (χ4n) is 2.26. The fraction of sp³-hybridized carbons (Fsp3) is 0.538. The summed E-state index contributed by atoms with van der Waals surface area (Å²) in [6.07, 6.45) is 3.45. The van der Waals surface area contributed by atoms with Crippen molar-refractivity contribution >= 4 is 6.09 Å². The lowest BCUT2D eigenvalue weighted by atomic mass is 10.2. The van der Waals surface area contributed by atoms with Crippen molar-refractivity contribution in [1.82, 2.24) is 9.88 Å². The standard InChI is InChI=1S/C13H18N2O3/c1-2-10-5-3-7-14-12(10)18-9-11-6-4-8-15(11)13(16)17/h3,5,7,11H,2,4,6,8-9H2,1H3,(H,16,17). The molecule has 1 aliphatic heterocycles. The summed E-state index contributed by atoms with van der Waals surface area (Å²) in [6, 6.07) is 3.81. The van der Waals surface area contributed by atoms with Gasteiger partial charge in [0.15, 0.2) is 0 Å². The zero-order valence-electron chi connectivity index (χ0n) is 10.5. The Hall–Kier alpha value is -1.78. The van der Waals surface area contributed by atoms with E-state index in [1.807, 2.05) is 19.1 Å². The van der Waals surface area contributed by atoms with E-state index in [1.165, 1.54) is 4.90 Å². The summed E-state index contributed by atoms with van der Waals surface area (Å²) < 4.78 is 5.68. The van der Waals surface area contributed by atoms with Crippen molar-refractivity contribution in [3.05, 3.63) is 23.9 Å². The van der Waals surface area contributed by atoms with E-state index in [4.69, 9.17) is 9.84 Å². The largest absolute Gasteiger partial charge is 0.475 e. The van der Waals surface area contributed by atoms with Gasteiger partial charge in [0.25, 0.3) is 0 Å². The van der Waals surface area contributed by atoms with Crippen molar-refractivity contribution in [2.24, 2.45) is 0 Å². The molecule has 1 aromatic rings. The first-order valence-electron chi connectivity index (χ1n) is 6.28. The lowest BCUT2D eigenvalue weighted by Crippen LogP contribution is -2.38. The Morgan fingerprint density at radius 2 is 2.50 bits per heavy atom. The molecule has 1 N–H and O–H groups in total. The Kier molecular flexibility index (Phi) is 4.02. The third kappa shape index (κ3) is 2.72. The van der Waals surface area contributed by atoms with Crippen molar-refractivity contribution in [2.75, 3.05) is 13.2 Å². The lowest BCUT2D eigenvalue weighted by molar-refractivity contribution is 0.122. The van der Waals surface area contributed by atoms with E-state index >= 15 is 0 Å². The van der Waals surface area contributed by atoms with Crippen molar-refractivity contribution in [3.63, 3.8) is 0 Å². The molecule has 0 saturated carbocycles. The SMILES string of the molecule is CCc1cccnc1OCC1CCCN1C(=O)O. The van der Waals surface area contributed by atoms with E-state index in [2.05, 4.69) is 4.98 Å². The van der Waals surface area contributed by atoms with Crippen molar-refractivity contribution < 1.29 is 14.6 Å². The van der Waals surface area contributed by atoms with E-state index in [9.17, 15) is 4.79 Å². The van der Waals surface area contributed by atoms with Crippen LogP contribution in [0.15, 0.2) is 18.3 Å². The van der Waals surface area contributed by atoms with Crippen LogP contribution in [-0.2, 0) is 6.42 Å². The number of hydrogen-bond acceptors (Lipinski definition) is 3. The average Bonchev–Trinajstić information content (AvgIpc) is 2.85. The second-order valence-corrected chi connectivity index (χ2v) is 4.40. The number of aryl methyl sites for hydroxylation is 1. The van der Waals surface area contributed by atoms with Gasteiger partial charge >= 0.3 is 6.09 Å². The van der Waals surface area contributed by atoms with E-state index in [1.54, 1.807) is 6.20 Å². The Bertz CT molecular complexity index is 422. The van der Waals surface area contributed by atoms with Crippen LogP contribution in [-0.4, -0.2) is 40.3 Å². The van der Waals surface area contributed by atoms with Crippen LogP contribution in [0.25, 0.3) is 0 Å². The number of pyridine rings is 1. The Balaban J connectivity index is 1.97. The second-order valence-electron chi connectivity index (χ2n) is 4.40. The number of aromatic nitrogens is 1. The molecule has 1 atom stereocenters. The van der Waals surface area contributed by atoms with Gasteiger partial charge < -0.3 is 14.7 Å². The first-order valence-corrected chi connectivity index (χ1v) is 6.28. The maximum Gasteiger partial charge on any atom is 0.407 e. The van der Waals surface area contributed by atoms with Crippen LogP contribution in [0.1, 0.15) is 25.3 Å². The molecule has 0 spiro atoms. The molecule has 98 valence electrons. The summed E-state index contributed by atoms with van der Waals surface area (Å²) in [6.45, 7) is 3.03. The van der Waals surface area contributed by atoms with Gasteiger partial charge in [0.1, 0.15) is 6.61 Å². The second kappa shape index (κ2) is 5.71. The number of nitrogens with zero attached hydrogens (tertiary/aromatic N) is 2. The normalized spacial score (nSPS) is 18.9. The Labute approximate surface area is 106 Å². The highest BCUT2D eigenvalue weighted by Gasteiger charge is 2.29. The van der Waals surface area contributed by atoms with Crippen LogP contribution in [0.4, 0.5) is 4.79 Å². The molecule has 0 aromatic carbocycles. The molecule has 5 heteroatoms. The van der Waals surface area contributed by atoms with E-state index in [-0.39, 0.29) is 6.04 Å². The quantitative estimate of drug-likeness (QED) is 0.889. The zero-order chi connectivity index (χ0) is 13.0. The molecule has 0 aliphatic carbocycles. The molecule has 5 nitrogen and oxygen atoms in total. The summed E-state index contributed by atoms with van der Waals surface area (Å²) in [7, 11) is 0. The maximum atomic E-state index is 11.0. The predicted octanol–water partition coefficient (Wildman–Crippen LogP) is 2.17. The van der Waals surface area contributed by atoms with Crippen molar-refractivity contribution in [3.8, 4) is 5.88 Å². The molecule has 2 heterocycles. The zero-order valence-corrected chi connectivity index (χ0v) is 10.5. The van der Waals surface area contributed by atoms with E-state index in [0.717, 1.165) is 24.8 Å². The first-order chi connectivity index (χ1) is 8.72. The Morgan fingerprint density at radius 1 is 1.67 bits per heavy atom. The fourth-order valence-corrected chi connectivity index (χ4v) is 2.26. The van der Waals surface area contributed by atoms with Crippen LogP contribution >= 0.6 is 0 Å². The molecule has 1 amide bonds. The monoisotopic (exact) mass is 250 g/mol. The van der Waals surface area contributed by atoms with Crippen LogP contribution < -0.4 is 4.74 Å². The summed E-state index contributed by atoms with van der Waals surface area (Å²) >= 11 is 0. The van der Waals surface area contributed by atoms with Crippen molar-refractivity contribution in [1.29, 1.82) is 0 Å². The minimum absolute atomic E-state index is 0.0470. The predicted molar refractivity (Wildman–Crippen MR) is 66.9 cm³/mol. The van der Waals surface area contributed by atoms with Crippen LogP contribution in [0.3, 0.4) is 0 Å². The van der Waals surface area contributed by atoms with Crippen LogP contribution in [0.5, 0.6) is 5.88 Å². The van der Waals surface area contributed by atoms with Gasteiger partial charge in [0.05, 0.1) is 6.04 Å². The highest BCUT2D eigenvalue weighted by Crippen LogP contribution is 2.20. The molecule has 1 aromatic heterocycles. The van der Waals surface area contributed by atoms with Gasteiger partial charge in [-0.3, -0.25) is 0 Å². The lowest BCUT2D eigenvalue weighted by Gasteiger charge is -2.21. The highest BCUT2D eigenvalue weighted by atomic mass is 16.5. The van der Waals surface area contributed by atoms with Gasteiger partial charge in [-0.2, -0.15) is 0 Å². The number of hydrogen-bond donors (Lipinski definition) is 1. The average molecular weight is 250 g/mol. The molecule has 1 saturated heterocycles. The molecule has 18 heavy (non-hydrogen) atoms. The van der Waals surface area contributed by atoms with E-state index in [0.29, 0.717) is 19.0 Å². The van der Waals surface area contributed by atoms with Gasteiger partial charge in [-0.05, 0) is 25.3 Å². The molecule has 1 unspecified atom stereocenters. The van der Waals surface area contributed by atoms with Gasteiger partial charge in [-0.25, -0.2) is 9.78 Å². The summed E-state index contributed by atoms with van der Waals surface area (Å²) in [5.41, 5.74) is 1.05. The summed E-state index contributed by atoms with van der Waals surface area (Å²) in [5.74, 6) is 0.622. The minimum Gasteiger partial charge on any atom is -0.475 e. The van der Waals surface area contributed by atoms with Gasteiger partial charge in [0, 0.05) is 18.3 Å². The number of rotatable bonds is 4. The maximum absolute atomic E-state index is 11.0. The molecule has 1 aliphatic rings. The third-order valence-corrected chi connectivity index (χ3v) is 3.27. The topological polar surface area (TPSA) is 62.7 Å². The number of carboxylic acid groups (broad SMARTS) is 1. The number of ether oxygens (including phenoxy) is 1. The van der Waals surface area contributed by atoms with Gasteiger partial charge in [-0.1, -0.05) is 13.0 Å². The van der Waals surface area contributed by atoms with Gasteiger partial charge in [-0.15, -0.1) is 0 Å². The molecule has 0 bridgehead atoms. The van der Waals surface area contributed by atoms with Crippen LogP contribution in [0, 0.1) is 0 Å². The molecular formula is C13H18N2O3. The number of likely N-dealkylation sites (tertiary alicyclic amines) is 1. The van der Waals surface area contributed by atoms with Gasteiger partial charge in [0.2, 0.25) is 5.88 Å². The molecule has 0 radical (unpaired) electrons. The number of amides is 1. The van der Waals surface area contributed by atoms with E-state index < -0.39 is 6.09 Å². The molecule has 2 rings (SSSR count). The smallest absolute Gasteiger partial charge is 0.407 e. The van der Waals surface area contributed by atoms with Crippen LogP contribution in [0.2, 0.25) is 0 Å². The summed E-state index contributed by atoms with van der Waals surface area (Å²) in [4.78, 5) is 16.6.